The molecule has 0 saturated carbocycles. The first-order valence-electron chi connectivity index (χ1n) is 6.87. The minimum Gasteiger partial charge on any atom is -0.478 e. The topological polar surface area (TPSA) is 57.9 Å². The molecule has 1 N–H and O–H groups in total. The average molecular weight is 321 g/mol. The number of aromatic nitrogens is 1. The zero-order valence-corrected chi connectivity index (χ0v) is 12.3. The van der Waals surface area contributed by atoms with Gasteiger partial charge in [0.2, 0.25) is 5.88 Å². The lowest BCUT2D eigenvalue weighted by Crippen LogP contribution is -2.10. The van der Waals surface area contributed by atoms with Crippen molar-refractivity contribution >= 4 is 5.69 Å². The number of alkyl halides is 3. The molecule has 0 aliphatic carbocycles. The van der Waals surface area contributed by atoms with E-state index >= 15 is 0 Å². The molecular weight excluding hydrogens is 307 g/mol. The van der Waals surface area contributed by atoms with Crippen molar-refractivity contribution in [3.05, 3.63) is 53.2 Å². The monoisotopic (exact) mass is 321 g/mol. The van der Waals surface area contributed by atoms with E-state index < -0.39 is 17.3 Å². The number of anilines is 1. The molecule has 1 heterocycles. The number of halogens is 3. The maximum Gasteiger partial charge on any atom is 0.417 e. The highest BCUT2D eigenvalue weighted by atomic mass is 19.4. The van der Waals surface area contributed by atoms with E-state index in [1.54, 1.807) is 24.4 Å². The van der Waals surface area contributed by atoms with Crippen LogP contribution in [0.15, 0.2) is 36.5 Å². The Labute approximate surface area is 131 Å². The van der Waals surface area contributed by atoms with Gasteiger partial charge in [-0.25, -0.2) is 4.98 Å². The first-order chi connectivity index (χ1) is 11.0. The van der Waals surface area contributed by atoms with Crippen molar-refractivity contribution in [1.82, 2.24) is 4.98 Å². The Kier molecular flexibility index (Phi) is 5.06. The SMILES string of the molecule is CCOc1ncccc1CNc1ccc(C#N)c(C(F)(F)F)c1. The maximum absolute atomic E-state index is 12.9. The minimum absolute atomic E-state index is 0.256. The number of nitrogens with one attached hydrogen (secondary N) is 1. The predicted molar refractivity (Wildman–Crippen MR) is 78.9 cm³/mol. The van der Waals surface area contributed by atoms with Gasteiger partial charge in [-0.15, -0.1) is 0 Å². The number of hydrogen-bond acceptors (Lipinski definition) is 4. The van der Waals surface area contributed by atoms with Crippen molar-refractivity contribution in [2.45, 2.75) is 19.6 Å². The normalized spacial score (nSPS) is 10.9. The summed E-state index contributed by atoms with van der Waals surface area (Å²) in [5.74, 6) is 0.437. The Balaban J connectivity index is 2.21. The highest BCUT2D eigenvalue weighted by Crippen LogP contribution is 2.33. The minimum atomic E-state index is -4.58. The van der Waals surface area contributed by atoms with E-state index in [0.29, 0.717) is 12.5 Å². The van der Waals surface area contributed by atoms with Gasteiger partial charge in [-0.2, -0.15) is 18.4 Å². The van der Waals surface area contributed by atoms with Gasteiger partial charge >= 0.3 is 6.18 Å². The molecule has 1 aromatic carbocycles. The number of nitrogens with zero attached hydrogens (tertiary/aromatic N) is 2. The fraction of sp³-hybridized carbons (Fsp3) is 0.250. The molecule has 23 heavy (non-hydrogen) atoms. The van der Waals surface area contributed by atoms with Gasteiger partial charge in [-0.1, -0.05) is 6.07 Å². The number of pyridine rings is 1. The standard InChI is InChI=1S/C16H14F3N3O/c1-2-23-15-12(4-3-7-21-15)10-22-13-6-5-11(9-20)14(8-13)16(17,18)19/h3-8,22H,2,10H2,1H3. The summed E-state index contributed by atoms with van der Waals surface area (Å²) in [5, 5.41) is 11.7. The van der Waals surface area contributed by atoms with Crippen LogP contribution in [0.4, 0.5) is 18.9 Å². The van der Waals surface area contributed by atoms with Crippen molar-refractivity contribution in [2.75, 3.05) is 11.9 Å². The second-order valence-electron chi connectivity index (χ2n) is 4.62. The smallest absolute Gasteiger partial charge is 0.417 e. The van der Waals surface area contributed by atoms with E-state index in [-0.39, 0.29) is 12.2 Å². The molecule has 0 aliphatic rings. The van der Waals surface area contributed by atoms with Gasteiger partial charge in [-0.05, 0) is 31.2 Å². The van der Waals surface area contributed by atoms with Crippen LogP contribution in [0.25, 0.3) is 0 Å². The molecule has 4 nitrogen and oxygen atoms in total. The first-order valence-corrected chi connectivity index (χ1v) is 6.87. The molecule has 0 spiro atoms. The van der Waals surface area contributed by atoms with Gasteiger partial charge in [0.15, 0.2) is 0 Å². The van der Waals surface area contributed by atoms with Crippen LogP contribution in [-0.4, -0.2) is 11.6 Å². The van der Waals surface area contributed by atoms with Crippen molar-refractivity contribution in [3.8, 4) is 11.9 Å². The van der Waals surface area contributed by atoms with Crippen LogP contribution in [0.2, 0.25) is 0 Å². The van der Waals surface area contributed by atoms with E-state index in [1.165, 1.54) is 6.07 Å². The molecule has 0 fully saturated rings. The molecular formula is C16H14F3N3O. The summed E-state index contributed by atoms with van der Waals surface area (Å²) in [6.07, 6.45) is -2.99. The molecule has 7 heteroatoms. The number of rotatable bonds is 5. The lowest BCUT2D eigenvalue weighted by molar-refractivity contribution is -0.137. The highest BCUT2D eigenvalue weighted by molar-refractivity contribution is 5.53. The lowest BCUT2D eigenvalue weighted by atomic mass is 10.1. The van der Waals surface area contributed by atoms with Crippen LogP contribution in [0.3, 0.4) is 0 Å². The van der Waals surface area contributed by atoms with Crippen molar-refractivity contribution in [3.63, 3.8) is 0 Å². The fourth-order valence-corrected chi connectivity index (χ4v) is 2.01. The molecule has 2 aromatic rings. The van der Waals surface area contributed by atoms with Crippen LogP contribution >= 0.6 is 0 Å². The third kappa shape index (κ3) is 4.13. The van der Waals surface area contributed by atoms with Gasteiger partial charge < -0.3 is 10.1 Å². The maximum atomic E-state index is 12.9. The summed E-state index contributed by atoms with van der Waals surface area (Å²) in [7, 11) is 0. The van der Waals surface area contributed by atoms with E-state index in [4.69, 9.17) is 10.00 Å². The largest absolute Gasteiger partial charge is 0.478 e. The fourth-order valence-electron chi connectivity index (χ4n) is 2.01. The molecule has 0 atom stereocenters. The zero-order valence-electron chi connectivity index (χ0n) is 12.3. The quantitative estimate of drug-likeness (QED) is 0.905. The molecule has 120 valence electrons. The van der Waals surface area contributed by atoms with Crippen LogP contribution < -0.4 is 10.1 Å². The summed E-state index contributed by atoms with van der Waals surface area (Å²) in [4.78, 5) is 4.08. The number of hydrogen-bond donors (Lipinski definition) is 1. The van der Waals surface area contributed by atoms with Crippen LogP contribution in [-0.2, 0) is 12.7 Å². The number of nitriles is 1. The van der Waals surface area contributed by atoms with Crippen LogP contribution in [0.5, 0.6) is 5.88 Å². The lowest BCUT2D eigenvalue weighted by Gasteiger charge is -2.13. The second kappa shape index (κ2) is 7.01. The molecule has 0 saturated heterocycles. The Morgan fingerprint density at radius 3 is 2.74 bits per heavy atom. The number of ether oxygens (including phenoxy) is 1. The molecule has 0 unspecified atom stereocenters. The van der Waals surface area contributed by atoms with Gasteiger partial charge in [0, 0.05) is 24.0 Å². The average Bonchev–Trinajstić information content (AvgIpc) is 2.53. The molecule has 0 radical (unpaired) electrons. The third-order valence-corrected chi connectivity index (χ3v) is 3.06. The highest BCUT2D eigenvalue weighted by Gasteiger charge is 2.33. The Morgan fingerprint density at radius 2 is 2.09 bits per heavy atom. The Morgan fingerprint density at radius 1 is 1.30 bits per heavy atom. The van der Waals surface area contributed by atoms with Gasteiger partial charge in [0.05, 0.1) is 23.8 Å². The zero-order chi connectivity index (χ0) is 16.9. The van der Waals surface area contributed by atoms with Gasteiger partial charge in [-0.3, -0.25) is 0 Å². The molecule has 1 aromatic heterocycles. The van der Waals surface area contributed by atoms with E-state index in [0.717, 1.165) is 17.7 Å². The Hall–Kier alpha value is -2.75. The van der Waals surface area contributed by atoms with Crippen molar-refractivity contribution in [2.24, 2.45) is 0 Å². The van der Waals surface area contributed by atoms with E-state index in [1.807, 2.05) is 6.92 Å². The van der Waals surface area contributed by atoms with E-state index in [2.05, 4.69) is 10.3 Å². The summed E-state index contributed by atoms with van der Waals surface area (Å²) in [6, 6.07) is 8.56. The summed E-state index contributed by atoms with van der Waals surface area (Å²) < 4.78 is 44.2. The first kappa shape index (κ1) is 16.6. The molecule has 0 amide bonds. The molecule has 2 rings (SSSR count). The summed E-state index contributed by atoms with van der Waals surface area (Å²) >= 11 is 0. The Bertz CT molecular complexity index is 723. The summed E-state index contributed by atoms with van der Waals surface area (Å²) in [6.45, 7) is 2.52. The van der Waals surface area contributed by atoms with Crippen molar-refractivity contribution in [1.29, 1.82) is 5.26 Å². The second-order valence-corrected chi connectivity index (χ2v) is 4.62. The van der Waals surface area contributed by atoms with Crippen molar-refractivity contribution < 1.29 is 17.9 Å². The van der Waals surface area contributed by atoms with Crippen LogP contribution in [0.1, 0.15) is 23.6 Å². The third-order valence-electron chi connectivity index (χ3n) is 3.06. The summed E-state index contributed by atoms with van der Waals surface area (Å²) in [5.41, 5.74) is -0.365. The number of benzene rings is 1. The van der Waals surface area contributed by atoms with E-state index in [9.17, 15) is 13.2 Å². The van der Waals surface area contributed by atoms with Gasteiger partial charge in [0.1, 0.15) is 0 Å². The molecule has 0 aliphatic heterocycles. The van der Waals surface area contributed by atoms with Crippen LogP contribution in [0, 0.1) is 11.3 Å². The molecule has 0 bridgehead atoms. The van der Waals surface area contributed by atoms with Gasteiger partial charge in [0.25, 0.3) is 0 Å². The predicted octanol–water partition coefficient (Wildman–Crippen LogP) is 3.98.